The molecule has 1 saturated heterocycles. The van der Waals surface area contributed by atoms with E-state index >= 15 is 0 Å². The minimum atomic E-state index is -0.909. The lowest BCUT2D eigenvalue weighted by Crippen LogP contribution is -2.61. The first-order valence-corrected chi connectivity index (χ1v) is 9.96. The second-order valence-electron chi connectivity index (χ2n) is 6.92. The van der Waals surface area contributed by atoms with Gasteiger partial charge in [-0.1, -0.05) is 51.9 Å². The molecule has 0 spiro atoms. The van der Waals surface area contributed by atoms with Gasteiger partial charge < -0.3 is 24.4 Å². The lowest BCUT2D eigenvalue weighted by molar-refractivity contribution is -0.175. The van der Waals surface area contributed by atoms with Gasteiger partial charge in [0, 0.05) is 7.11 Å². The molecule has 0 saturated carbocycles. The first-order valence-electron chi connectivity index (χ1n) is 9.96. The van der Waals surface area contributed by atoms with E-state index in [1.165, 1.54) is 32.1 Å². The quantitative estimate of drug-likeness (QED) is 0.376. The number of aliphatic hydroxyl groups is 1. The van der Waals surface area contributed by atoms with Crippen molar-refractivity contribution < 1.29 is 29.2 Å². The van der Waals surface area contributed by atoms with Crippen molar-refractivity contribution >= 4 is 5.97 Å². The van der Waals surface area contributed by atoms with Crippen LogP contribution in [0.5, 0.6) is 0 Å². The van der Waals surface area contributed by atoms with Gasteiger partial charge in [-0.25, -0.2) is 0 Å². The zero-order valence-electron chi connectivity index (χ0n) is 16.3. The Labute approximate surface area is 157 Å². The van der Waals surface area contributed by atoms with Gasteiger partial charge >= 0.3 is 5.97 Å². The third kappa shape index (κ3) is 8.77. The normalized spacial score (nSPS) is 26.1. The molecule has 7 nitrogen and oxygen atoms in total. The second kappa shape index (κ2) is 14.3. The van der Waals surface area contributed by atoms with Crippen molar-refractivity contribution in [1.82, 2.24) is 5.32 Å². The fourth-order valence-corrected chi connectivity index (χ4v) is 3.52. The number of nitrogens with one attached hydrogen (secondary N) is 1. The molecule has 1 rings (SSSR count). The minimum Gasteiger partial charge on any atom is -0.480 e. The molecule has 0 aromatic rings. The van der Waals surface area contributed by atoms with Crippen LogP contribution in [-0.2, 0) is 19.0 Å². The lowest BCUT2D eigenvalue weighted by atomic mass is 9.92. The van der Waals surface area contributed by atoms with Crippen molar-refractivity contribution in [3.8, 4) is 0 Å². The Morgan fingerprint density at radius 2 is 1.88 bits per heavy atom. The fraction of sp³-hybridized carbons (Fsp3) is 0.947. The molecule has 26 heavy (non-hydrogen) atoms. The Hall–Kier alpha value is -0.730. The molecule has 7 heteroatoms. The molecular weight excluding hydrogens is 338 g/mol. The third-order valence-corrected chi connectivity index (χ3v) is 4.87. The smallest absolute Gasteiger partial charge is 0.317 e. The Bertz CT molecular complexity index is 368. The Balaban J connectivity index is 2.51. The molecule has 154 valence electrons. The Morgan fingerprint density at radius 1 is 1.19 bits per heavy atom. The number of hydrogen-bond donors (Lipinski definition) is 3. The van der Waals surface area contributed by atoms with E-state index in [0.717, 1.165) is 19.3 Å². The summed E-state index contributed by atoms with van der Waals surface area (Å²) in [5.74, 6) is -0.909. The lowest BCUT2D eigenvalue weighted by Gasteiger charge is -2.42. The van der Waals surface area contributed by atoms with E-state index < -0.39 is 5.97 Å². The highest BCUT2D eigenvalue weighted by atomic mass is 16.6. The van der Waals surface area contributed by atoms with E-state index in [2.05, 4.69) is 12.2 Å². The summed E-state index contributed by atoms with van der Waals surface area (Å²) in [4.78, 5) is 11.0. The number of methoxy groups -OCH3 is 1. The van der Waals surface area contributed by atoms with Crippen molar-refractivity contribution in [2.24, 2.45) is 0 Å². The predicted octanol–water partition coefficient (Wildman–Crippen LogP) is 1.96. The molecule has 0 aromatic carbocycles. The van der Waals surface area contributed by atoms with Crippen LogP contribution in [0.2, 0.25) is 0 Å². The van der Waals surface area contributed by atoms with Gasteiger partial charge in [-0.3, -0.25) is 10.1 Å². The molecule has 0 aliphatic carbocycles. The maximum atomic E-state index is 11.0. The number of carboxylic acids is 1. The Kier molecular flexibility index (Phi) is 12.9. The van der Waals surface area contributed by atoms with Gasteiger partial charge in [0.15, 0.2) is 0 Å². The van der Waals surface area contributed by atoms with Crippen LogP contribution in [-0.4, -0.2) is 74.0 Å². The first kappa shape index (κ1) is 23.3. The summed E-state index contributed by atoms with van der Waals surface area (Å²) < 4.78 is 17.2. The number of carbonyl (C=O) groups is 1. The maximum absolute atomic E-state index is 11.0. The van der Waals surface area contributed by atoms with Crippen molar-refractivity contribution in [1.29, 1.82) is 0 Å². The molecule has 1 aliphatic rings. The Morgan fingerprint density at radius 3 is 2.50 bits per heavy atom. The number of unbranched alkanes of at least 4 members (excludes halogenated alkanes) is 6. The zero-order chi connectivity index (χ0) is 19.2. The van der Waals surface area contributed by atoms with E-state index in [9.17, 15) is 4.79 Å². The van der Waals surface area contributed by atoms with Crippen LogP contribution in [0.25, 0.3) is 0 Å². The number of ether oxygens (including phenoxy) is 3. The largest absolute Gasteiger partial charge is 0.480 e. The molecule has 0 radical (unpaired) electrons. The van der Waals surface area contributed by atoms with Gasteiger partial charge in [-0.05, 0) is 6.42 Å². The molecular formula is C19H37NO6. The molecule has 1 heterocycles. The number of aliphatic hydroxyl groups excluding tert-OH is 1. The van der Waals surface area contributed by atoms with Crippen molar-refractivity contribution in [2.45, 2.75) is 82.6 Å². The molecule has 4 atom stereocenters. The monoisotopic (exact) mass is 375 g/mol. The number of rotatable bonds is 15. The molecule has 3 N–H and O–H groups in total. The van der Waals surface area contributed by atoms with Crippen LogP contribution in [0.1, 0.15) is 58.3 Å². The fourth-order valence-electron chi connectivity index (χ4n) is 3.52. The zero-order valence-corrected chi connectivity index (χ0v) is 16.3. The van der Waals surface area contributed by atoms with Crippen molar-refractivity contribution in [2.75, 3.05) is 33.5 Å². The minimum absolute atomic E-state index is 0.0678. The number of aliphatic carboxylic acids is 1. The van der Waals surface area contributed by atoms with E-state index in [4.69, 9.17) is 24.4 Å². The van der Waals surface area contributed by atoms with Gasteiger partial charge in [-0.15, -0.1) is 0 Å². The summed E-state index contributed by atoms with van der Waals surface area (Å²) in [7, 11) is 1.60. The molecule has 0 aromatic heterocycles. The predicted molar refractivity (Wildman–Crippen MR) is 99.4 cm³/mol. The summed E-state index contributed by atoms with van der Waals surface area (Å²) >= 11 is 0. The van der Waals surface area contributed by atoms with Crippen molar-refractivity contribution in [3.63, 3.8) is 0 Å². The van der Waals surface area contributed by atoms with E-state index in [-0.39, 0.29) is 44.1 Å². The highest BCUT2D eigenvalue weighted by Gasteiger charge is 2.41. The average molecular weight is 376 g/mol. The van der Waals surface area contributed by atoms with Crippen LogP contribution in [0.15, 0.2) is 0 Å². The number of carboxylic acid groups (broad SMARTS) is 1. The highest BCUT2D eigenvalue weighted by Crippen LogP contribution is 2.24. The van der Waals surface area contributed by atoms with Gasteiger partial charge in [0.2, 0.25) is 0 Å². The van der Waals surface area contributed by atoms with Crippen LogP contribution >= 0.6 is 0 Å². The summed E-state index contributed by atoms with van der Waals surface area (Å²) in [5, 5.41) is 21.0. The van der Waals surface area contributed by atoms with Crippen LogP contribution in [0.4, 0.5) is 0 Å². The molecule has 0 unspecified atom stereocenters. The number of hydrogen-bond acceptors (Lipinski definition) is 6. The summed E-state index contributed by atoms with van der Waals surface area (Å²) in [6.45, 7) is 2.61. The van der Waals surface area contributed by atoms with Crippen LogP contribution < -0.4 is 5.32 Å². The molecule has 1 aliphatic heterocycles. The van der Waals surface area contributed by atoms with E-state index in [1.54, 1.807) is 7.11 Å². The van der Waals surface area contributed by atoms with Gasteiger partial charge in [0.1, 0.15) is 12.2 Å². The summed E-state index contributed by atoms with van der Waals surface area (Å²) in [6, 6.07) is -0.242. The third-order valence-electron chi connectivity index (χ3n) is 4.87. The topological polar surface area (TPSA) is 97.3 Å². The van der Waals surface area contributed by atoms with Gasteiger partial charge in [0.05, 0.1) is 38.5 Å². The molecule has 0 bridgehead atoms. The van der Waals surface area contributed by atoms with E-state index in [1.807, 2.05) is 0 Å². The highest BCUT2D eigenvalue weighted by molar-refractivity contribution is 5.69. The molecule has 1 fully saturated rings. The van der Waals surface area contributed by atoms with Crippen LogP contribution in [0.3, 0.4) is 0 Å². The molecule has 0 amide bonds. The van der Waals surface area contributed by atoms with Gasteiger partial charge in [-0.2, -0.15) is 0 Å². The van der Waals surface area contributed by atoms with Crippen molar-refractivity contribution in [3.05, 3.63) is 0 Å². The average Bonchev–Trinajstić information content (AvgIpc) is 2.64. The summed E-state index contributed by atoms with van der Waals surface area (Å²) in [5.41, 5.74) is 0. The maximum Gasteiger partial charge on any atom is 0.317 e. The second-order valence-corrected chi connectivity index (χ2v) is 6.92. The van der Waals surface area contributed by atoms with E-state index in [0.29, 0.717) is 6.61 Å². The SMILES string of the molecule is CCCCCCCCC[C@@H]1OC[C@@H](OCCO)[C@@H](OC)[C@@H]1NCC(=O)O. The van der Waals surface area contributed by atoms with Gasteiger partial charge in [0.25, 0.3) is 0 Å². The van der Waals surface area contributed by atoms with Crippen LogP contribution in [0, 0.1) is 0 Å². The summed E-state index contributed by atoms with van der Waals surface area (Å²) in [6.07, 6.45) is 8.75. The standard InChI is InChI=1S/C19H37NO6/c1-3-4-5-6-7-8-9-10-15-18(20-13-17(22)23)19(24-2)16(14-26-15)25-12-11-21/h15-16,18-21H,3-14H2,1-2H3,(H,22,23)/t15-,16+,18+,19+/m0/s1. The first-order chi connectivity index (χ1) is 12.6.